The number of aryl methyl sites for hydroxylation is 1. The average Bonchev–Trinajstić information content (AvgIpc) is 2.75. The molecular weight excluding hydrogens is 200 g/mol. The van der Waals surface area contributed by atoms with E-state index in [-0.39, 0.29) is 6.17 Å². The molecule has 0 saturated carbocycles. The van der Waals surface area contributed by atoms with Crippen LogP contribution in [0.1, 0.15) is 49.3 Å². The summed E-state index contributed by atoms with van der Waals surface area (Å²) in [5.41, 5.74) is 7.55. The van der Waals surface area contributed by atoms with E-state index in [1.807, 2.05) is 6.20 Å². The van der Waals surface area contributed by atoms with Gasteiger partial charge in [-0.2, -0.15) is 0 Å². The summed E-state index contributed by atoms with van der Waals surface area (Å²) in [6.45, 7) is 2.23. The van der Waals surface area contributed by atoms with Gasteiger partial charge < -0.3 is 15.6 Å². The summed E-state index contributed by atoms with van der Waals surface area (Å²) in [4.78, 5) is 4.63. The van der Waals surface area contributed by atoms with Crippen LogP contribution >= 0.6 is 0 Å². The molecule has 88 valence electrons. The van der Waals surface area contributed by atoms with E-state index >= 15 is 0 Å². The summed E-state index contributed by atoms with van der Waals surface area (Å²) in [6.07, 6.45) is 8.05. The van der Waals surface area contributed by atoms with Gasteiger partial charge in [0.05, 0.1) is 6.17 Å². The standard InChI is InChI=1S/C12H20N4/c13-11-3-1-2-10-8-15-12(16(10)11)9-4-6-14-7-5-9/h8-9,11,14H,1-7,13H2. The van der Waals surface area contributed by atoms with Crippen molar-refractivity contribution in [3.05, 3.63) is 17.7 Å². The van der Waals surface area contributed by atoms with Crippen molar-refractivity contribution in [3.63, 3.8) is 0 Å². The molecule has 4 nitrogen and oxygen atoms in total. The second-order valence-corrected chi connectivity index (χ2v) is 4.96. The van der Waals surface area contributed by atoms with Crippen LogP contribution in [0.4, 0.5) is 0 Å². The van der Waals surface area contributed by atoms with Crippen LogP contribution in [0.2, 0.25) is 0 Å². The highest BCUT2D eigenvalue weighted by molar-refractivity contribution is 5.13. The van der Waals surface area contributed by atoms with Crippen LogP contribution in [0.15, 0.2) is 6.20 Å². The molecule has 2 aliphatic rings. The number of aromatic nitrogens is 2. The van der Waals surface area contributed by atoms with E-state index in [1.165, 1.54) is 30.8 Å². The number of nitrogens with one attached hydrogen (secondary N) is 1. The van der Waals surface area contributed by atoms with Gasteiger partial charge in [-0.1, -0.05) is 0 Å². The minimum atomic E-state index is 0.163. The Hall–Kier alpha value is -0.870. The molecule has 0 radical (unpaired) electrons. The van der Waals surface area contributed by atoms with Gasteiger partial charge in [0.25, 0.3) is 0 Å². The van der Waals surface area contributed by atoms with Crippen LogP contribution in [0.5, 0.6) is 0 Å². The summed E-state index contributed by atoms with van der Waals surface area (Å²) in [5.74, 6) is 1.85. The van der Waals surface area contributed by atoms with E-state index in [9.17, 15) is 0 Å². The van der Waals surface area contributed by atoms with Crippen LogP contribution in [-0.2, 0) is 6.42 Å². The number of piperidine rings is 1. The molecule has 1 unspecified atom stereocenters. The number of nitrogens with two attached hydrogens (primary N) is 1. The number of imidazole rings is 1. The molecule has 3 heterocycles. The third kappa shape index (κ3) is 1.66. The summed E-state index contributed by atoms with van der Waals surface area (Å²) in [6, 6.07) is 0. The summed E-state index contributed by atoms with van der Waals surface area (Å²) in [5, 5.41) is 3.40. The Balaban J connectivity index is 1.91. The maximum atomic E-state index is 6.21. The van der Waals surface area contributed by atoms with Crippen molar-refractivity contribution in [2.45, 2.75) is 44.2 Å². The Kier molecular flexibility index (Phi) is 2.69. The molecule has 3 N–H and O–H groups in total. The second kappa shape index (κ2) is 4.18. The number of hydrogen-bond donors (Lipinski definition) is 2. The third-order valence-electron chi connectivity index (χ3n) is 3.87. The third-order valence-corrected chi connectivity index (χ3v) is 3.87. The van der Waals surface area contributed by atoms with Crippen LogP contribution in [0, 0.1) is 0 Å². The van der Waals surface area contributed by atoms with Gasteiger partial charge >= 0.3 is 0 Å². The normalized spacial score (nSPS) is 26.7. The molecule has 1 fully saturated rings. The molecule has 16 heavy (non-hydrogen) atoms. The van der Waals surface area contributed by atoms with E-state index in [0.717, 1.165) is 25.9 Å². The molecule has 1 saturated heterocycles. The Bertz CT molecular complexity index is 365. The van der Waals surface area contributed by atoms with Crippen LogP contribution in [0.3, 0.4) is 0 Å². The Labute approximate surface area is 96.2 Å². The maximum absolute atomic E-state index is 6.21. The van der Waals surface area contributed by atoms with Gasteiger partial charge in [0.15, 0.2) is 0 Å². The SMILES string of the molecule is NC1CCCc2cnc(C3CCNCC3)n21. The first-order chi connectivity index (χ1) is 7.86. The zero-order valence-electron chi connectivity index (χ0n) is 9.65. The summed E-state index contributed by atoms with van der Waals surface area (Å²) in [7, 11) is 0. The van der Waals surface area contributed by atoms with Crippen LogP contribution in [-0.4, -0.2) is 22.6 Å². The number of rotatable bonds is 1. The molecule has 0 amide bonds. The first-order valence-electron chi connectivity index (χ1n) is 6.38. The van der Waals surface area contributed by atoms with E-state index in [2.05, 4.69) is 14.9 Å². The molecule has 1 aromatic heterocycles. The van der Waals surface area contributed by atoms with Crippen molar-refractivity contribution in [1.82, 2.24) is 14.9 Å². The molecule has 0 aliphatic carbocycles. The number of hydrogen-bond acceptors (Lipinski definition) is 3. The molecule has 0 bridgehead atoms. The molecule has 0 aromatic carbocycles. The number of nitrogens with zero attached hydrogens (tertiary/aromatic N) is 2. The molecule has 1 atom stereocenters. The van der Waals surface area contributed by atoms with E-state index < -0.39 is 0 Å². The van der Waals surface area contributed by atoms with Gasteiger partial charge in [-0.05, 0) is 45.2 Å². The molecular formula is C12H20N4. The highest BCUT2D eigenvalue weighted by atomic mass is 15.2. The quantitative estimate of drug-likeness (QED) is 0.746. The Morgan fingerprint density at radius 3 is 2.94 bits per heavy atom. The molecule has 1 aromatic rings. The Morgan fingerprint density at radius 2 is 2.12 bits per heavy atom. The summed E-state index contributed by atoms with van der Waals surface area (Å²) >= 11 is 0. The van der Waals surface area contributed by atoms with Crippen molar-refractivity contribution in [2.75, 3.05) is 13.1 Å². The topological polar surface area (TPSA) is 55.9 Å². The lowest BCUT2D eigenvalue weighted by molar-refractivity contribution is 0.367. The predicted molar refractivity (Wildman–Crippen MR) is 63.2 cm³/mol. The zero-order chi connectivity index (χ0) is 11.0. The largest absolute Gasteiger partial charge is 0.317 e. The molecule has 4 heteroatoms. The van der Waals surface area contributed by atoms with Crippen molar-refractivity contribution >= 4 is 0 Å². The highest BCUT2D eigenvalue weighted by Crippen LogP contribution is 2.30. The fourth-order valence-electron chi connectivity index (χ4n) is 2.98. The van der Waals surface area contributed by atoms with Crippen molar-refractivity contribution in [3.8, 4) is 0 Å². The minimum Gasteiger partial charge on any atom is -0.317 e. The van der Waals surface area contributed by atoms with E-state index in [1.54, 1.807) is 0 Å². The molecule has 0 spiro atoms. The monoisotopic (exact) mass is 220 g/mol. The molecule has 2 aliphatic heterocycles. The average molecular weight is 220 g/mol. The molecule has 3 rings (SSSR count). The first kappa shape index (κ1) is 10.3. The summed E-state index contributed by atoms with van der Waals surface area (Å²) < 4.78 is 2.31. The number of fused-ring (bicyclic) bond motifs is 1. The predicted octanol–water partition coefficient (Wildman–Crippen LogP) is 1.14. The van der Waals surface area contributed by atoms with E-state index in [0.29, 0.717) is 5.92 Å². The van der Waals surface area contributed by atoms with Crippen LogP contribution < -0.4 is 11.1 Å². The minimum absolute atomic E-state index is 0.163. The van der Waals surface area contributed by atoms with Gasteiger partial charge in [0, 0.05) is 17.8 Å². The van der Waals surface area contributed by atoms with Crippen molar-refractivity contribution in [1.29, 1.82) is 0 Å². The lowest BCUT2D eigenvalue weighted by Gasteiger charge is -2.28. The lowest BCUT2D eigenvalue weighted by Crippen LogP contribution is -2.31. The van der Waals surface area contributed by atoms with Gasteiger partial charge in [0.2, 0.25) is 0 Å². The Morgan fingerprint density at radius 1 is 1.31 bits per heavy atom. The van der Waals surface area contributed by atoms with Gasteiger partial charge in [0.1, 0.15) is 5.82 Å². The van der Waals surface area contributed by atoms with Crippen LogP contribution in [0.25, 0.3) is 0 Å². The van der Waals surface area contributed by atoms with E-state index in [4.69, 9.17) is 5.73 Å². The van der Waals surface area contributed by atoms with Crippen molar-refractivity contribution < 1.29 is 0 Å². The van der Waals surface area contributed by atoms with Gasteiger partial charge in [-0.3, -0.25) is 0 Å². The first-order valence-corrected chi connectivity index (χ1v) is 6.38. The zero-order valence-corrected chi connectivity index (χ0v) is 9.65. The fourth-order valence-corrected chi connectivity index (χ4v) is 2.98. The van der Waals surface area contributed by atoms with Gasteiger partial charge in [-0.15, -0.1) is 0 Å². The smallest absolute Gasteiger partial charge is 0.113 e. The van der Waals surface area contributed by atoms with Gasteiger partial charge in [-0.25, -0.2) is 4.98 Å². The van der Waals surface area contributed by atoms with Crippen molar-refractivity contribution in [2.24, 2.45) is 5.73 Å². The fraction of sp³-hybridized carbons (Fsp3) is 0.750. The lowest BCUT2D eigenvalue weighted by atomic mass is 9.96. The second-order valence-electron chi connectivity index (χ2n) is 4.96. The maximum Gasteiger partial charge on any atom is 0.113 e. The highest BCUT2D eigenvalue weighted by Gasteiger charge is 2.26.